The van der Waals surface area contributed by atoms with E-state index in [0.29, 0.717) is 25.6 Å². The average molecular weight is 405 g/mol. The first-order chi connectivity index (χ1) is 14.7. The highest BCUT2D eigenvalue weighted by Crippen LogP contribution is 2.22. The second-order valence-electron chi connectivity index (χ2n) is 8.13. The van der Waals surface area contributed by atoms with Crippen LogP contribution in [-0.2, 0) is 6.42 Å². The lowest BCUT2D eigenvalue weighted by Gasteiger charge is -2.41. The Kier molecular flexibility index (Phi) is 5.14. The number of aromatic nitrogens is 2. The third-order valence-corrected chi connectivity index (χ3v) is 5.98. The van der Waals surface area contributed by atoms with E-state index in [1.807, 2.05) is 24.3 Å². The van der Waals surface area contributed by atoms with Crippen molar-refractivity contribution in [1.29, 1.82) is 0 Å². The maximum atomic E-state index is 14.5. The first kappa shape index (κ1) is 19.1. The van der Waals surface area contributed by atoms with Crippen LogP contribution in [0.15, 0.2) is 48.7 Å². The van der Waals surface area contributed by atoms with Crippen LogP contribution in [0.2, 0.25) is 0 Å². The molecule has 1 atom stereocenters. The van der Waals surface area contributed by atoms with E-state index >= 15 is 0 Å². The van der Waals surface area contributed by atoms with Crippen LogP contribution in [0.25, 0.3) is 10.8 Å². The minimum absolute atomic E-state index is 0.127. The molecule has 7 heteroatoms. The summed E-state index contributed by atoms with van der Waals surface area (Å²) in [5, 5.41) is 17.3. The number of rotatable bonds is 5. The van der Waals surface area contributed by atoms with Crippen LogP contribution in [0.4, 0.5) is 4.39 Å². The molecule has 0 unspecified atom stereocenters. The number of hydrogen-bond donors (Lipinski definition) is 2. The number of carbonyl (C=O) groups excluding carboxylic acids is 1. The molecule has 2 aliphatic rings. The molecule has 3 aromatic rings. The van der Waals surface area contributed by atoms with Crippen molar-refractivity contribution in [1.82, 2.24) is 25.7 Å². The number of halogens is 1. The van der Waals surface area contributed by atoms with Crippen molar-refractivity contribution in [2.24, 2.45) is 0 Å². The van der Waals surface area contributed by atoms with E-state index in [-0.39, 0.29) is 17.5 Å². The number of benzene rings is 2. The standard InChI is InChI=1S/C23H24FN5O/c24-21-6-5-15(10-22-19-4-2-1-3-16(19)11-26-28-22)9-20(21)23(30)29-13-18(14-29)27-17-7-8-25-12-17/h1-6,9,11,17-18,25,27H,7-8,10,12-14H2/t17-/m1/s1. The van der Waals surface area contributed by atoms with Gasteiger partial charge in [0.1, 0.15) is 5.82 Å². The fourth-order valence-electron chi connectivity index (χ4n) is 4.31. The van der Waals surface area contributed by atoms with Crippen LogP contribution in [0.5, 0.6) is 0 Å². The Labute approximate surface area is 174 Å². The fraction of sp³-hybridized carbons (Fsp3) is 0.348. The van der Waals surface area contributed by atoms with Gasteiger partial charge in [0, 0.05) is 48.9 Å². The molecule has 0 saturated carbocycles. The van der Waals surface area contributed by atoms with Crippen LogP contribution < -0.4 is 10.6 Å². The summed E-state index contributed by atoms with van der Waals surface area (Å²) in [6.45, 7) is 3.24. The average Bonchev–Trinajstić information content (AvgIpc) is 3.25. The third kappa shape index (κ3) is 3.78. The summed E-state index contributed by atoms with van der Waals surface area (Å²) in [4.78, 5) is 14.6. The second-order valence-corrected chi connectivity index (χ2v) is 8.13. The lowest BCUT2D eigenvalue weighted by Crippen LogP contribution is -2.62. The van der Waals surface area contributed by atoms with Gasteiger partial charge in [0.15, 0.2) is 0 Å². The van der Waals surface area contributed by atoms with Crippen LogP contribution in [-0.4, -0.2) is 59.3 Å². The Balaban J connectivity index is 1.29. The van der Waals surface area contributed by atoms with Gasteiger partial charge in [-0.05, 0) is 30.7 Å². The van der Waals surface area contributed by atoms with Crippen LogP contribution in [0.3, 0.4) is 0 Å². The maximum absolute atomic E-state index is 14.5. The van der Waals surface area contributed by atoms with Crippen molar-refractivity contribution < 1.29 is 9.18 Å². The van der Waals surface area contributed by atoms with Gasteiger partial charge in [-0.2, -0.15) is 10.2 Å². The first-order valence-corrected chi connectivity index (χ1v) is 10.4. The van der Waals surface area contributed by atoms with Crippen LogP contribution in [0.1, 0.15) is 28.0 Å². The summed E-state index contributed by atoms with van der Waals surface area (Å²) in [5.74, 6) is -0.731. The molecule has 1 amide bonds. The van der Waals surface area contributed by atoms with Gasteiger partial charge in [-0.3, -0.25) is 4.79 Å². The quantitative estimate of drug-likeness (QED) is 0.681. The Morgan fingerprint density at radius 1 is 1.20 bits per heavy atom. The molecule has 0 spiro atoms. The predicted octanol–water partition coefficient (Wildman–Crippen LogP) is 2.14. The minimum atomic E-state index is -0.482. The third-order valence-electron chi connectivity index (χ3n) is 5.98. The molecule has 30 heavy (non-hydrogen) atoms. The summed E-state index contributed by atoms with van der Waals surface area (Å²) in [7, 11) is 0. The van der Waals surface area contributed by atoms with Crippen molar-refractivity contribution >= 4 is 16.7 Å². The molecule has 2 fully saturated rings. The van der Waals surface area contributed by atoms with Crippen molar-refractivity contribution in [3.05, 3.63) is 71.3 Å². The number of amides is 1. The highest BCUT2D eigenvalue weighted by molar-refractivity contribution is 5.95. The van der Waals surface area contributed by atoms with Crippen molar-refractivity contribution in [3.8, 4) is 0 Å². The summed E-state index contributed by atoms with van der Waals surface area (Å²) < 4.78 is 14.5. The molecule has 154 valence electrons. The van der Waals surface area contributed by atoms with E-state index in [9.17, 15) is 9.18 Å². The molecule has 5 rings (SSSR count). The van der Waals surface area contributed by atoms with Gasteiger partial charge in [-0.1, -0.05) is 30.3 Å². The molecule has 2 aromatic carbocycles. The van der Waals surface area contributed by atoms with E-state index in [0.717, 1.165) is 41.5 Å². The molecule has 3 heterocycles. The number of carbonyl (C=O) groups is 1. The van der Waals surface area contributed by atoms with Crippen LogP contribution >= 0.6 is 0 Å². The zero-order chi connectivity index (χ0) is 20.5. The number of fused-ring (bicyclic) bond motifs is 1. The predicted molar refractivity (Wildman–Crippen MR) is 113 cm³/mol. The summed E-state index contributed by atoms with van der Waals surface area (Å²) >= 11 is 0. The van der Waals surface area contributed by atoms with Gasteiger partial charge in [-0.15, -0.1) is 0 Å². The number of hydrogen-bond acceptors (Lipinski definition) is 5. The monoisotopic (exact) mass is 405 g/mol. The summed E-state index contributed by atoms with van der Waals surface area (Å²) in [6, 6.07) is 13.4. The highest BCUT2D eigenvalue weighted by atomic mass is 19.1. The van der Waals surface area contributed by atoms with E-state index in [4.69, 9.17) is 0 Å². The van der Waals surface area contributed by atoms with Gasteiger partial charge in [0.05, 0.1) is 17.5 Å². The summed E-state index contributed by atoms with van der Waals surface area (Å²) in [6.07, 6.45) is 3.33. The smallest absolute Gasteiger partial charge is 0.256 e. The normalized spacial score (nSPS) is 19.2. The minimum Gasteiger partial charge on any atom is -0.335 e. The van der Waals surface area contributed by atoms with Gasteiger partial charge >= 0.3 is 0 Å². The van der Waals surface area contributed by atoms with Gasteiger partial charge in [-0.25, -0.2) is 4.39 Å². The lowest BCUT2D eigenvalue weighted by molar-refractivity contribution is 0.0550. The van der Waals surface area contributed by atoms with E-state index in [1.165, 1.54) is 6.07 Å². The van der Waals surface area contributed by atoms with Crippen molar-refractivity contribution in [2.45, 2.75) is 24.9 Å². The number of nitrogens with one attached hydrogen (secondary N) is 2. The Morgan fingerprint density at radius 3 is 2.90 bits per heavy atom. The molecular formula is C23H24FN5O. The van der Waals surface area contributed by atoms with Crippen molar-refractivity contribution in [2.75, 3.05) is 26.2 Å². The van der Waals surface area contributed by atoms with E-state index in [2.05, 4.69) is 20.8 Å². The van der Waals surface area contributed by atoms with Crippen molar-refractivity contribution in [3.63, 3.8) is 0 Å². The molecule has 1 aromatic heterocycles. The lowest BCUT2D eigenvalue weighted by atomic mass is 10.0. The molecule has 2 saturated heterocycles. The van der Waals surface area contributed by atoms with Gasteiger partial charge in [0.25, 0.3) is 5.91 Å². The highest BCUT2D eigenvalue weighted by Gasteiger charge is 2.34. The number of likely N-dealkylation sites (tertiary alicyclic amines) is 1. The van der Waals surface area contributed by atoms with Gasteiger partial charge < -0.3 is 15.5 Å². The Hall–Kier alpha value is -2.90. The summed E-state index contributed by atoms with van der Waals surface area (Å²) in [5.41, 5.74) is 1.79. The van der Waals surface area contributed by atoms with E-state index < -0.39 is 5.82 Å². The zero-order valence-electron chi connectivity index (χ0n) is 16.6. The molecule has 0 radical (unpaired) electrons. The van der Waals surface area contributed by atoms with Crippen LogP contribution in [0, 0.1) is 5.82 Å². The topological polar surface area (TPSA) is 70.2 Å². The molecule has 6 nitrogen and oxygen atoms in total. The molecule has 0 bridgehead atoms. The fourth-order valence-corrected chi connectivity index (χ4v) is 4.31. The SMILES string of the molecule is O=C(c1cc(Cc2nncc3ccccc23)ccc1F)N1CC(N[C@@H]2CCNC2)C1. The number of nitrogens with zero attached hydrogens (tertiary/aromatic N) is 3. The second kappa shape index (κ2) is 8.08. The molecule has 2 N–H and O–H groups in total. The zero-order valence-corrected chi connectivity index (χ0v) is 16.6. The van der Waals surface area contributed by atoms with E-state index in [1.54, 1.807) is 23.2 Å². The molecule has 0 aliphatic carbocycles. The maximum Gasteiger partial charge on any atom is 0.256 e. The Bertz CT molecular complexity index is 1070. The molecule has 2 aliphatic heterocycles. The largest absolute Gasteiger partial charge is 0.335 e. The first-order valence-electron chi connectivity index (χ1n) is 10.4. The molecular weight excluding hydrogens is 381 g/mol. The van der Waals surface area contributed by atoms with Gasteiger partial charge in [0.2, 0.25) is 0 Å². The Morgan fingerprint density at radius 2 is 2.07 bits per heavy atom.